The molecule has 3 N–H and O–H groups in total. The van der Waals surface area contributed by atoms with Crippen molar-refractivity contribution in [3.8, 4) is 0 Å². The average Bonchev–Trinajstić information content (AvgIpc) is 3.86. The number of aliphatic carboxylic acids is 1. The third-order valence-electron chi connectivity index (χ3n) is 13.9. The fourth-order valence-electron chi connectivity index (χ4n) is 10.4. The molecule has 3 heterocycles. The highest BCUT2D eigenvalue weighted by atomic mass is 35.5. The molecule has 0 spiro atoms. The largest absolute Gasteiger partial charge is 0.481 e. The van der Waals surface area contributed by atoms with Gasteiger partial charge in [0, 0.05) is 35.9 Å². The summed E-state index contributed by atoms with van der Waals surface area (Å²) in [5, 5.41) is 25.8. The van der Waals surface area contributed by atoms with E-state index in [9.17, 15) is 9.90 Å². The number of hydrogen-bond acceptors (Lipinski definition) is 10. The molecular weight excluding hydrogens is 808 g/mol. The molecule has 60 heavy (non-hydrogen) atoms. The Balaban J connectivity index is 0.000000152. The summed E-state index contributed by atoms with van der Waals surface area (Å²) in [4.78, 5) is 29.2. The van der Waals surface area contributed by atoms with E-state index in [1.165, 1.54) is 61.8 Å². The van der Waals surface area contributed by atoms with Gasteiger partial charge in [0.1, 0.15) is 16.8 Å². The van der Waals surface area contributed by atoms with E-state index in [-0.39, 0.29) is 21.9 Å². The fourth-order valence-corrected chi connectivity index (χ4v) is 11.9. The molecule has 6 atom stereocenters. The number of pyridine rings is 1. The van der Waals surface area contributed by atoms with Crippen LogP contribution in [0.5, 0.6) is 0 Å². The molecule has 3 fully saturated rings. The number of anilines is 3. The number of aromatic nitrogens is 3. The van der Waals surface area contributed by atoms with Crippen molar-refractivity contribution in [1.82, 2.24) is 19.9 Å². The van der Waals surface area contributed by atoms with E-state index in [0.29, 0.717) is 11.0 Å². The number of halogens is 1. The van der Waals surface area contributed by atoms with Crippen molar-refractivity contribution in [2.24, 2.45) is 29.1 Å². The molecule has 9 nitrogen and oxygen atoms in total. The zero-order valence-electron chi connectivity index (χ0n) is 36.4. The van der Waals surface area contributed by atoms with Crippen molar-refractivity contribution < 1.29 is 15.0 Å². The van der Waals surface area contributed by atoms with Crippen LogP contribution in [-0.2, 0) is 11.3 Å². The van der Waals surface area contributed by atoms with Crippen LogP contribution in [0.4, 0.5) is 17.3 Å². The monoisotopic (exact) mass is 872 g/mol. The lowest BCUT2D eigenvalue weighted by molar-refractivity contribution is -0.133. The van der Waals surface area contributed by atoms with E-state index >= 15 is 0 Å². The number of carboxylic acid groups (broad SMARTS) is 1. The summed E-state index contributed by atoms with van der Waals surface area (Å²) in [6.07, 6.45) is 17.3. The second-order valence-corrected chi connectivity index (χ2v) is 19.9. The van der Waals surface area contributed by atoms with Crippen molar-refractivity contribution in [3.63, 3.8) is 0 Å². The Kier molecular flexibility index (Phi) is 16.2. The van der Waals surface area contributed by atoms with Gasteiger partial charge in [-0.1, -0.05) is 73.1 Å². The Morgan fingerprint density at radius 3 is 2.57 bits per heavy atom. The lowest BCUT2D eigenvalue weighted by Gasteiger charge is -2.55. The number of aryl methyl sites for hydroxylation is 1. The smallest absolute Gasteiger partial charge is 0.313 e. The Morgan fingerprint density at radius 1 is 1.02 bits per heavy atom. The normalized spacial score (nSPS) is 25.3. The van der Waals surface area contributed by atoms with E-state index in [1.807, 2.05) is 55.9 Å². The first-order chi connectivity index (χ1) is 28.8. The number of carboxylic acids is 1. The molecule has 4 aliphatic carbocycles. The third-order valence-corrected chi connectivity index (χ3v) is 15.8. The molecule has 0 amide bonds. The molecule has 1 aromatic carbocycles. The number of rotatable bonds is 12. The average molecular weight is 874 g/mol. The maximum absolute atomic E-state index is 11.2. The zero-order chi connectivity index (χ0) is 42.9. The van der Waals surface area contributed by atoms with Gasteiger partial charge in [-0.05, 0) is 162 Å². The summed E-state index contributed by atoms with van der Waals surface area (Å²) < 4.78 is 0. The Hall–Kier alpha value is -3.48. The number of carbonyl (C=O) groups is 1. The van der Waals surface area contributed by atoms with Gasteiger partial charge < -0.3 is 25.3 Å². The number of hydrogen-bond donors (Lipinski definition) is 3. The minimum Gasteiger partial charge on any atom is -0.481 e. The number of likely N-dealkylation sites (N-methyl/N-ethyl adjacent to an activating group) is 1. The minimum atomic E-state index is -0.924. The molecule has 0 radical (unpaired) electrons. The highest BCUT2D eigenvalue weighted by Crippen LogP contribution is 2.65. The van der Waals surface area contributed by atoms with E-state index in [0.717, 1.165) is 85.0 Å². The van der Waals surface area contributed by atoms with Crippen LogP contribution >= 0.6 is 34.7 Å². The van der Waals surface area contributed by atoms with E-state index in [1.54, 1.807) is 17.4 Å². The number of allylic oxidation sites excluding steroid dienone is 2. The Morgan fingerprint density at radius 2 is 1.85 bits per heavy atom. The first-order valence-corrected chi connectivity index (χ1v) is 24.0. The lowest BCUT2D eigenvalue weighted by Crippen LogP contribution is -2.52. The standard InChI is InChI=1S/C20H32O.C14H14ClN3O2S.C14H19N3S/c1-3-20(21)13-11-18-17-9-8-14-6-4-5-7-15(14)16(17)10-12-19(18,20)2;1-8-4-3-5-10(9(8)2)16-12-6-11(15)17-14(18-12)21-7-13(19)20;1-16(2)9-10-17(12-13-6-5-11-18-13)14-7-3-4-8-15-14/h6,15-18,21H,3-5,7-13H2,1-2H3;3-6H,7H2,1-2H3,(H,19,20)(H,16,17,18);3-8,11H,9-10,12H2,1-2H3/t15-,16+,17+,18-,19-,20-;;/m0../s1. The van der Waals surface area contributed by atoms with Gasteiger partial charge in [0.15, 0.2) is 5.16 Å². The molecule has 4 aromatic rings. The van der Waals surface area contributed by atoms with Gasteiger partial charge in [-0.3, -0.25) is 4.79 Å². The van der Waals surface area contributed by atoms with Crippen LogP contribution in [0.2, 0.25) is 5.15 Å². The van der Waals surface area contributed by atoms with Gasteiger partial charge in [0.05, 0.1) is 17.9 Å². The molecule has 0 bridgehead atoms. The number of nitrogens with zero attached hydrogens (tertiary/aromatic N) is 5. The second-order valence-electron chi connectivity index (χ2n) is 17.6. The molecule has 3 saturated carbocycles. The summed E-state index contributed by atoms with van der Waals surface area (Å²) in [6.45, 7) is 11.6. The Bertz CT molecular complexity index is 2030. The molecule has 4 aliphatic rings. The highest BCUT2D eigenvalue weighted by Gasteiger charge is 2.61. The quantitative estimate of drug-likeness (QED) is 0.0550. The van der Waals surface area contributed by atoms with Crippen LogP contribution < -0.4 is 10.2 Å². The molecule has 8 rings (SSSR count). The number of fused-ring (bicyclic) bond motifs is 5. The molecule has 0 saturated heterocycles. The van der Waals surface area contributed by atoms with Crippen molar-refractivity contribution in [1.29, 1.82) is 0 Å². The van der Waals surface area contributed by atoms with Crippen molar-refractivity contribution in [3.05, 3.63) is 99.0 Å². The lowest BCUT2D eigenvalue weighted by atomic mass is 9.50. The van der Waals surface area contributed by atoms with Gasteiger partial charge in [0.2, 0.25) is 0 Å². The second kappa shape index (κ2) is 21.1. The molecular formula is C48H65ClN6O3S2. The third kappa shape index (κ3) is 11.3. The van der Waals surface area contributed by atoms with Gasteiger partial charge in [-0.2, -0.15) is 0 Å². The number of benzene rings is 1. The van der Waals surface area contributed by atoms with Crippen LogP contribution in [0, 0.1) is 42.9 Å². The van der Waals surface area contributed by atoms with Crippen molar-refractivity contribution in [2.45, 2.75) is 109 Å². The summed E-state index contributed by atoms with van der Waals surface area (Å²) in [5.74, 6) is 4.12. The van der Waals surface area contributed by atoms with Crippen LogP contribution in [0.3, 0.4) is 0 Å². The summed E-state index contributed by atoms with van der Waals surface area (Å²) in [6, 6.07) is 17.9. The molecule has 0 aliphatic heterocycles. The van der Waals surface area contributed by atoms with Crippen LogP contribution in [0.15, 0.2) is 83.0 Å². The maximum atomic E-state index is 11.2. The molecule has 12 heteroatoms. The van der Waals surface area contributed by atoms with Crippen LogP contribution in [0.25, 0.3) is 0 Å². The van der Waals surface area contributed by atoms with Crippen molar-refractivity contribution >= 4 is 58.0 Å². The van der Waals surface area contributed by atoms with Crippen LogP contribution in [0.1, 0.15) is 94.1 Å². The van der Waals surface area contributed by atoms with E-state index < -0.39 is 5.97 Å². The Labute approximate surface area is 371 Å². The maximum Gasteiger partial charge on any atom is 0.313 e. The molecule has 3 aromatic heterocycles. The predicted octanol–water partition coefficient (Wildman–Crippen LogP) is 11.5. The van der Waals surface area contributed by atoms with Gasteiger partial charge in [-0.25, -0.2) is 15.0 Å². The predicted molar refractivity (Wildman–Crippen MR) is 250 cm³/mol. The van der Waals surface area contributed by atoms with Gasteiger partial charge in [-0.15, -0.1) is 11.3 Å². The number of nitrogens with one attached hydrogen (secondary N) is 1. The summed E-state index contributed by atoms with van der Waals surface area (Å²) in [5.41, 5.74) is 4.87. The van der Waals surface area contributed by atoms with Crippen molar-refractivity contribution in [2.75, 3.05) is 43.2 Å². The van der Waals surface area contributed by atoms with E-state index in [4.69, 9.17) is 16.7 Å². The summed E-state index contributed by atoms with van der Waals surface area (Å²) in [7, 11) is 4.20. The zero-order valence-corrected chi connectivity index (χ0v) is 38.8. The SMILES string of the molecule is CC[C@]1(O)CC[C@H]2[C@@H]3CCC4=CCCC[C@@H]4[C@H]3CC[C@@]21C.CN(C)CCN(Cc1cccs1)c1ccccn1.Cc1cccc(Nc2cc(Cl)nc(SCC(=O)O)n2)c1C. The minimum absolute atomic E-state index is 0.108. The number of thioether (sulfide) groups is 1. The van der Waals surface area contributed by atoms with Gasteiger partial charge in [0.25, 0.3) is 0 Å². The van der Waals surface area contributed by atoms with E-state index in [2.05, 4.69) is 87.7 Å². The first-order valence-electron chi connectivity index (χ1n) is 21.8. The summed E-state index contributed by atoms with van der Waals surface area (Å²) >= 11 is 8.78. The fraction of sp³-hybridized carbons (Fsp3) is 0.542. The molecule has 0 unspecified atom stereocenters. The van der Waals surface area contributed by atoms with Gasteiger partial charge >= 0.3 is 5.97 Å². The number of aliphatic hydroxyl groups is 1. The highest BCUT2D eigenvalue weighted by molar-refractivity contribution is 7.99. The molecule has 324 valence electrons. The topological polar surface area (TPSA) is 115 Å². The van der Waals surface area contributed by atoms with Crippen LogP contribution in [-0.4, -0.2) is 74.6 Å². The first kappa shape index (κ1) is 46.0. The number of thiophene rings is 1.